The van der Waals surface area contributed by atoms with E-state index in [4.69, 9.17) is 4.74 Å². The normalized spacial score (nSPS) is 20.0. The van der Waals surface area contributed by atoms with Crippen molar-refractivity contribution in [1.82, 2.24) is 15.2 Å². The van der Waals surface area contributed by atoms with Crippen LogP contribution in [-0.2, 0) is 16.0 Å². The summed E-state index contributed by atoms with van der Waals surface area (Å²) >= 11 is 0. The maximum Gasteiger partial charge on any atom is 0.271 e. The van der Waals surface area contributed by atoms with E-state index in [1.54, 1.807) is 18.1 Å². The van der Waals surface area contributed by atoms with Gasteiger partial charge in [0.1, 0.15) is 29.3 Å². The highest BCUT2D eigenvalue weighted by Crippen LogP contribution is 2.33. The summed E-state index contributed by atoms with van der Waals surface area (Å²) in [6, 6.07) is 15.3. The van der Waals surface area contributed by atoms with Gasteiger partial charge < -0.3 is 19.9 Å². The van der Waals surface area contributed by atoms with Crippen LogP contribution in [0.3, 0.4) is 0 Å². The number of carbonyl (C=O) groups excluding carboxylic acids is 3. The van der Waals surface area contributed by atoms with Gasteiger partial charge in [0.25, 0.3) is 5.91 Å². The van der Waals surface area contributed by atoms with Crippen molar-refractivity contribution in [1.29, 1.82) is 5.26 Å². The van der Waals surface area contributed by atoms with E-state index in [0.29, 0.717) is 37.3 Å². The molecule has 1 aliphatic heterocycles. The van der Waals surface area contributed by atoms with Crippen molar-refractivity contribution in [2.24, 2.45) is 5.92 Å². The fourth-order valence-electron chi connectivity index (χ4n) is 5.46. The van der Waals surface area contributed by atoms with Crippen molar-refractivity contribution in [3.8, 4) is 11.8 Å². The van der Waals surface area contributed by atoms with Crippen LogP contribution in [0.5, 0.6) is 5.75 Å². The standard InChI is InChI=1S/C28H28N4O4/c1-36-25-11-5-9-22-21(25)15-23(31-22)28(35)32-13-12-17-6-2-3-8-20(17)26(32)27(34)30-19(16-29)14-18-7-4-10-24(18)33/h2-3,5-6,8-9,11,15,18-19,26,31H,4,7,10,12-14H2,1H3,(H,30,34)/t18-,19-,26-/m0/s1. The first kappa shape index (κ1) is 23.6. The molecule has 0 bridgehead atoms. The number of fused-ring (bicyclic) bond motifs is 2. The molecule has 184 valence electrons. The monoisotopic (exact) mass is 484 g/mol. The van der Waals surface area contributed by atoms with Gasteiger partial charge in [-0.1, -0.05) is 30.3 Å². The van der Waals surface area contributed by atoms with Gasteiger partial charge in [-0.2, -0.15) is 5.26 Å². The van der Waals surface area contributed by atoms with Crippen LogP contribution in [0.25, 0.3) is 10.9 Å². The van der Waals surface area contributed by atoms with Crippen LogP contribution >= 0.6 is 0 Å². The van der Waals surface area contributed by atoms with E-state index in [0.717, 1.165) is 34.9 Å². The number of amides is 2. The zero-order valence-corrected chi connectivity index (χ0v) is 20.1. The van der Waals surface area contributed by atoms with Gasteiger partial charge in [-0.25, -0.2) is 0 Å². The van der Waals surface area contributed by atoms with Gasteiger partial charge in [-0.15, -0.1) is 0 Å². The van der Waals surface area contributed by atoms with Crippen molar-refractivity contribution >= 4 is 28.5 Å². The second kappa shape index (κ2) is 9.86. The summed E-state index contributed by atoms with van der Waals surface area (Å²) in [6.07, 6.45) is 3.01. The van der Waals surface area contributed by atoms with E-state index < -0.39 is 18.0 Å². The Kier molecular flexibility index (Phi) is 6.47. The number of nitriles is 1. The summed E-state index contributed by atoms with van der Waals surface area (Å²) in [5.74, 6) is -0.116. The molecule has 2 N–H and O–H groups in total. The molecule has 2 heterocycles. The van der Waals surface area contributed by atoms with Gasteiger partial charge in [0.2, 0.25) is 5.91 Å². The molecule has 0 spiro atoms. The molecule has 2 aromatic carbocycles. The highest BCUT2D eigenvalue weighted by Gasteiger charge is 2.38. The maximum atomic E-state index is 13.7. The lowest BCUT2D eigenvalue weighted by molar-refractivity contribution is -0.127. The third kappa shape index (κ3) is 4.33. The van der Waals surface area contributed by atoms with Crippen molar-refractivity contribution in [3.05, 3.63) is 65.4 Å². The highest BCUT2D eigenvalue weighted by molar-refractivity contribution is 6.02. The highest BCUT2D eigenvalue weighted by atomic mass is 16.5. The molecule has 36 heavy (non-hydrogen) atoms. The molecule has 0 unspecified atom stereocenters. The Balaban J connectivity index is 1.44. The van der Waals surface area contributed by atoms with Crippen LogP contribution in [0, 0.1) is 17.2 Å². The average Bonchev–Trinajstić information content (AvgIpc) is 3.52. The van der Waals surface area contributed by atoms with Crippen LogP contribution in [0.4, 0.5) is 0 Å². The van der Waals surface area contributed by atoms with Crippen LogP contribution in [0.2, 0.25) is 0 Å². The molecular weight excluding hydrogens is 456 g/mol. The third-order valence-electron chi connectivity index (χ3n) is 7.29. The molecule has 2 amide bonds. The molecule has 1 aromatic heterocycles. The topological polar surface area (TPSA) is 115 Å². The molecule has 1 fully saturated rings. The molecule has 0 radical (unpaired) electrons. The lowest BCUT2D eigenvalue weighted by atomic mass is 9.91. The Hall–Kier alpha value is -4.12. The number of benzene rings is 2. The van der Waals surface area contributed by atoms with E-state index in [1.807, 2.05) is 42.5 Å². The number of Topliss-reactive ketones (excluding diaryl/α,β-unsaturated/α-hetero) is 1. The number of carbonyl (C=O) groups is 3. The van der Waals surface area contributed by atoms with E-state index in [1.165, 1.54) is 0 Å². The summed E-state index contributed by atoms with van der Waals surface area (Å²) < 4.78 is 5.43. The smallest absolute Gasteiger partial charge is 0.271 e. The van der Waals surface area contributed by atoms with E-state index in [2.05, 4.69) is 16.4 Å². The number of methoxy groups -OCH3 is 1. The summed E-state index contributed by atoms with van der Waals surface area (Å²) in [7, 11) is 1.58. The van der Waals surface area contributed by atoms with Crippen molar-refractivity contribution in [2.45, 2.75) is 44.2 Å². The van der Waals surface area contributed by atoms with Crippen LogP contribution < -0.4 is 10.1 Å². The Bertz CT molecular complexity index is 1370. The van der Waals surface area contributed by atoms with Crippen molar-refractivity contribution in [2.75, 3.05) is 13.7 Å². The van der Waals surface area contributed by atoms with Gasteiger partial charge in [-0.3, -0.25) is 14.4 Å². The summed E-state index contributed by atoms with van der Waals surface area (Å²) in [4.78, 5) is 44.2. The zero-order valence-electron chi connectivity index (χ0n) is 20.1. The number of ether oxygens (including phenoxy) is 1. The third-order valence-corrected chi connectivity index (χ3v) is 7.29. The van der Waals surface area contributed by atoms with E-state index in [-0.39, 0.29) is 17.6 Å². The number of aromatic nitrogens is 1. The van der Waals surface area contributed by atoms with Crippen molar-refractivity contribution in [3.63, 3.8) is 0 Å². The van der Waals surface area contributed by atoms with Gasteiger partial charge in [0, 0.05) is 29.8 Å². The van der Waals surface area contributed by atoms with E-state index in [9.17, 15) is 19.6 Å². The maximum absolute atomic E-state index is 13.7. The molecule has 0 saturated heterocycles. The number of hydrogen-bond acceptors (Lipinski definition) is 5. The van der Waals surface area contributed by atoms with Gasteiger partial charge in [-0.05, 0) is 55.0 Å². The van der Waals surface area contributed by atoms with Crippen LogP contribution in [0.1, 0.15) is 53.3 Å². The fourth-order valence-corrected chi connectivity index (χ4v) is 5.46. The van der Waals surface area contributed by atoms with Crippen LogP contribution in [-0.4, -0.2) is 47.2 Å². The van der Waals surface area contributed by atoms with Crippen LogP contribution in [0.15, 0.2) is 48.5 Å². The Morgan fingerprint density at radius 3 is 2.81 bits per heavy atom. The molecule has 3 atom stereocenters. The average molecular weight is 485 g/mol. The van der Waals surface area contributed by atoms with Crippen molar-refractivity contribution < 1.29 is 19.1 Å². The number of nitrogens with one attached hydrogen (secondary N) is 2. The number of hydrogen-bond donors (Lipinski definition) is 2. The fraction of sp³-hybridized carbons (Fsp3) is 0.357. The minimum absolute atomic E-state index is 0.151. The number of H-pyrrole nitrogens is 1. The lowest BCUT2D eigenvalue weighted by Crippen LogP contribution is -2.49. The molecule has 1 saturated carbocycles. The molecule has 5 rings (SSSR count). The van der Waals surface area contributed by atoms with Gasteiger partial charge >= 0.3 is 0 Å². The van der Waals surface area contributed by atoms with Gasteiger partial charge in [0.05, 0.1) is 13.2 Å². The Morgan fingerprint density at radius 1 is 1.22 bits per heavy atom. The number of ketones is 1. The second-order valence-corrected chi connectivity index (χ2v) is 9.44. The largest absolute Gasteiger partial charge is 0.496 e. The van der Waals surface area contributed by atoms with Gasteiger partial charge in [0.15, 0.2) is 0 Å². The lowest BCUT2D eigenvalue weighted by Gasteiger charge is -2.36. The predicted octanol–water partition coefficient (Wildman–Crippen LogP) is 3.68. The Morgan fingerprint density at radius 2 is 2.06 bits per heavy atom. The molecule has 2 aliphatic rings. The minimum atomic E-state index is -0.883. The number of rotatable bonds is 6. The molecular formula is C28H28N4O4. The first-order chi connectivity index (χ1) is 17.5. The first-order valence-corrected chi connectivity index (χ1v) is 12.3. The number of nitrogens with zero attached hydrogens (tertiary/aromatic N) is 2. The molecule has 3 aromatic rings. The number of aromatic amines is 1. The van der Waals surface area contributed by atoms with E-state index >= 15 is 0 Å². The SMILES string of the molecule is COc1cccc2[nH]c(C(=O)N3CCc4ccccc4[C@H]3C(=O)N[C@H](C#N)C[C@@H]3CCCC3=O)cc12. The zero-order chi connectivity index (χ0) is 25.2. The molecule has 8 nitrogen and oxygen atoms in total. The molecule has 1 aliphatic carbocycles. The minimum Gasteiger partial charge on any atom is -0.496 e. The summed E-state index contributed by atoms with van der Waals surface area (Å²) in [5, 5.41) is 13.3. The second-order valence-electron chi connectivity index (χ2n) is 9.44. The molecule has 8 heteroatoms. The quantitative estimate of drug-likeness (QED) is 0.554. The Labute approximate surface area is 209 Å². The summed E-state index contributed by atoms with van der Waals surface area (Å²) in [5.41, 5.74) is 2.87. The summed E-state index contributed by atoms with van der Waals surface area (Å²) in [6.45, 7) is 0.360. The first-order valence-electron chi connectivity index (χ1n) is 12.3. The predicted molar refractivity (Wildman–Crippen MR) is 133 cm³/mol.